The van der Waals surface area contributed by atoms with Crippen LogP contribution in [0.25, 0.3) is 0 Å². The van der Waals surface area contributed by atoms with Crippen molar-refractivity contribution in [3.05, 3.63) is 59.9 Å². The van der Waals surface area contributed by atoms with Crippen LogP contribution in [0.4, 0.5) is 4.39 Å². The second kappa shape index (κ2) is 10.0. The van der Waals surface area contributed by atoms with Crippen LogP contribution in [0.3, 0.4) is 0 Å². The molecule has 6 heteroatoms. The standard InChI is InChI=1S/C20H21FN2O3/c1-2-25-18-6-3-4-7-19(18)26-13-5-8-20(24)23-17(14-22)15-9-11-16(21)12-10-15/h3-4,6-7,9-12,17H,2,5,8,13H2,1H3,(H,23,24)/t17-/m1/s1. The van der Waals surface area contributed by atoms with E-state index in [2.05, 4.69) is 5.32 Å². The van der Waals surface area contributed by atoms with E-state index in [9.17, 15) is 14.4 Å². The topological polar surface area (TPSA) is 71.3 Å². The van der Waals surface area contributed by atoms with E-state index < -0.39 is 6.04 Å². The van der Waals surface area contributed by atoms with Gasteiger partial charge in [0, 0.05) is 6.42 Å². The number of hydrogen-bond donors (Lipinski definition) is 1. The Morgan fingerprint density at radius 3 is 2.42 bits per heavy atom. The zero-order chi connectivity index (χ0) is 18.8. The third kappa shape index (κ3) is 5.78. The Morgan fingerprint density at radius 1 is 1.15 bits per heavy atom. The largest absolute Gasteiger partial charge is 0.490 e. The van der Waals surface area contributed by atoms with Crippen LogP contribution in [-0.2, 0) is 4.79 Å². The van der Waals surface area contributed by atoms with Crippen molar-refractivity contribution in [1.29, 1.82) is 5.26 Å². The Balaban J connectivity index is 1.78. The summed E-state index contributed by atoms with van der Waals surface area (Å²) in [6.07, 6.45) is 0.712. The molecular formula is C20H21FN2O3. The van der Waals surface area contributed by atoms with Gasteiger partial charge in [0.05, 0.1) is 19.3 Å². The minimum atomic E-state index is -0.803. The Hall–Kier alpha value is -3.07. The van der Waals surface area contributed by atoms with Gasteiger partial charge in [-0.25, -0.2) is 4.39 Å². The molecule has 0 spiro atoms. The monoisotopic (exact) mass is 356 g/mol. The SMILES string of the molecule is CCOc1ccccc1OCCCC(=O)N[C@H](C#N)c1ccc(F)cc1. The molecule has 0 aliphatic rings. The van der Waals surface area contributed by atoms with Gasteiger partial charge < -0.3 is 14.8 Å². The van der Waals surface area contributed by atoms with E-state index in [1.54, 1.807) is 0 Å². The van der Waals surface area contributed by atoms with Gasteiger partial charge in [-0.2, -0.15) is 5.26 Å². The van der Waals surface area contributed by atoms with Crippen molar-refractivity contribution >= 4 is 5.91 Å². The predicted molar refractivity (Wildman–Crippen MR) is 95.2 cm³/mol. The second-order valence-corrected chi connectivity index (χ2v) is 5.51. The van der Waals surface area contributed by atoms with E-state index in [0.717, 1.165) is 0 Å². The van der Waals surface area contributed by atoms with Crippen molar-refractivity contribution in [3.8, 4) is 17.6 Å². The molecule has 0 heterocycles. The quantitative estimate of drug-likeness (QED) is 0.695. The van der Waals surface area contributed by atoms with E-state index in [-0.39, 0.29) is 18.1 Å². The summed E-state index contributed by atoms with van der Waals surface area (Å²) in [5, 5.41) is 11.8. The van der Waals surface area contributed by atoms with E-state index in [4.69, 9.17) is 9.47 Å². The minimum absolute atomic E-state index is 0.218. The van der Waals surface area contributed by atoms with Crippen molar-refractivity contribution < 1.29 is 18.7 Å². The van der Waals surface area contributed by atoms with Gasteiger partial charge in [0.15, 0.2) is 11.5 Å². The highest BCUT2D eigenvalue weighted by atomic mass is 19.1. The molecule has 136 valence electrons. The van der Waals surface area contributed by atoms with E-state index in [1.165, 1.54) is 24.3 Å². The average Bonchev–Trinajstić information content (AvgIpc) is 2.65. The summed E-state index contributed by atoms with van der Waals surface area (Å²) in [6, 6.07) is 14.0. The number of hydrogen-bond acceptors (Lipinski definition) is 4. The number of benzene rings is 2. The number of carbonyl (C=O) groups excluding carboxylic acids is 1. The zero-order valence-corrected chi connectivity index (χ0v) is 14.6. The molecular weight excluding hydrogens is 335 g/mol. The van der Waals surface area contributed by atoms with Gasteiger partial charge in [-0.15, -0.1) is 0 Å². The summed E-state index contributed by atoms with van der Waals surface area (Å²) in [5.74, 6) is 0.653. The van der Waals surface area contributed by atoms with Crippen LogP contribution in [0.2, 0.25) is 0 Å². The molecule has 2 aromatic rings. The molecule has 5 nitrogen and oxygen atoms in total. The molecule has 1 atom stereocenters. The third-order valence-electron chi connectivity index (χ3n) is 3.59. The lowest BCUT2D eigenvalue weighted by Gasteiger charge is -2.13. The maximum absolute atomic E-state index is 12.9. The minimum Gasteiger partial charge on any atom is -0.490 e. The second-order valence-electron chi connectivity index (χ2n) is 5.51. The maximum atomic E-state index is 12.9. The smallest absolute Gasteiger partial charge is 0.221 e. The number of nitrogens with one attached hydrogen (secondary N) is 1. The molecule has 0 fully saturated rings. The highest BCUT2D eigenvalue weighted by Crippen LogP contribution is 2.26. The van der Waals surface area contributed by atoms with Crippen LogP contribution in [0, 0.1) is 17.1 Å². The van der Waals surface area contributed by atoms with Crippen LogP contribution in [0.15, 0.2) is 48.5 Å². The Morgan fingerprint density at radius 2 is 1.81 bits per heavy atom. The van der Waals surface area contributed by atoms with Crippen molar-refractivity contribution in [2.24, 2.45) is 0 Å². The number of para-hydroxylation sites is 2. The van der Waals surface area contributed by atoms with Crippen molar-refractivity contribution in [2.75, 3.05) is 13.2 Å². The summed E-state index contributed by atoms with van der Waals surface area (Å²) >= 11 is 0. The fraction of sp³-hybridized carbons (Fsp3) is 0.300. The van der Waals surface area contributed by atoms with Gasteiger partial charge in [0.2, 0.25) is 5.91 Å². The number of nitriles is 1. The van der Waals surface area contributed by atoms with Gasteiger partial charge in [0.25, 0.3) is 0 Å². The molecule has 0 aromatic heterocycles. The predicted octanol–water partition coefficient (Wildman–Crippen LogP) is 3.76. The summed E-state index contributed by atoms with van der Waals surface area (Å²) in [7, 11) is 0. The zero-order valence-electron chi connectivity index (χ0n) is 14.6. The fourth-order valence-electron chi connectivity index (χ4n) is 2.34. The van der Waals surface area contributed by atoms with Gasteiger partial charge in [-0.05, 0) is 43.2 Å². The summed E-state index contributed by atoms with van der Waals surface area (Å²) < 4.78 is 24.1. The maximum Gasteiger partial charge on any atom is 0.221 e. The lowest BCUT2D eigenvalue weighted by atomic mass is 10.1. The van der Waals surface area contributed by atoms with Gasteiger partial charge in [-0.1, -0.05) is 24.3 Å². The lowest BCUT2D eigenvalue weighted by Crippen LogP contribution is -2.27. The number of nitrogens with zero attached hydrogens (tertiary/aromatic N) is 1. The highest BCUT2D eigenvalue weighted by Gasteiger charge is 2.14. The number of carbonyl (C=O) groups is 1. The number of rotatable bonds is 9. The van der Waals surface area contributed by atoms with Crippen molar-refractivity contribution in [3.63, 3.8) is 0 Å². The van der Waals surface area contributed by atoms with Crippen molar-refractivity contribution in [1.82, 2.24) is 5.32 Å². The number of halogens is 1. The summed E-state index contributed by atoms with van der Waals surface area (Å²) in [4.78, 5) is 12.0. The summed E-state index contributed by atoms with van der Waals surface area (Å²) in [6.45, 7) is 2.79. The summed E-state index contributed by atoms with van der Waals surface area (Å²) in [5.41, 5.74) is 0.546. The molecule has 0 unspecified atom stereocenters. The van der Waals surface area contributed by atoms with Gasteiger partial charge in [0.1, 0.15) is 11.9 Å². The molecule has 0 saturated heterocycles. The Kier molecular flexibility index (Phi) is 7.44. The average molecular weight is 356 g/mol. The Bertz CT molecular complexity index is 756. The normalized spacial score (nSPS) is 11.3. The van der Waals surface area contributed by atoms with Crippen LogP contribution in [0.1, 0.15) is 31.4 Å². The number of ether oxygens (including phenoxy) is 2. The van der Waals surface area contributed by atoms with Crippen LogP contribution in [0.5, 0.6) is 11.5 Å². The first-order chi connectivity index (χ1) is 12.6. The molecule has 26 heavy (non-hydrogen) atoms. The molecule has 1 N–H and O–H groups in total. The lowest BCUT2D eigenvalue weighted by molar-refractivity contribution is -0.121. The molecule has 0 aliphatic heterocycles. The number of amides is 1. The first kappa shape index (κ1) is 19.3. The van der Waals surface area contributed by atoms with Gasteiger partial charge in [-0.3, -0.25) is 4.79 Å². The third-order valence-corrected chi connectivity index (χ3v) is 3.59. The first-order valence-electron chi connectivity index (χ1n) is 8.43. The molecule has 2 aromatic carbocycles. The van der Waals surface area contributed by atoms with Crippen molar-refractivity contribution in [2.45, 2.75) is 25.8 Å². The molecule has 0 aliphatic carbocycles. The van der Waals surface area contributed by atoms with Crippen LogP contribution in [-0.4, -0.2) is 19.1 Å². The van der Waals surface area contributed by atoms with E-state index in [0.29, 0.717) is 36.7 Å². The fourth-order valence-corrected chi connectivity index (χ4v) is 2.34. The highest BCUT2D eigenvalue weighted by molar-refractivity contribution is 5.76. The van der Waals surface area contributed by atoms with Crippen LogP contribution >= 0.6 is 0 Å². The first-order valence-corrected chi connectivity index (χ1v) is 8.43. The molecule has 0 bridgehead atoms. The van der Waals surface area contributed by atoms with Crippen LogP contribution < -0.4 is 14.8 Å². The molecule has 0 saturated carbocycles. The molecule has 1 amide bonds. The molecule has 2 rings (SSSR count). The van der Waals surface area contributed by atoms with Gasteiger partial charge >= 0.3 is 0 Å². The Labute approximate surface area is 152 Å². The molecule has 0 radical (unpaired) electrons. The van der Waals surface area contributed by atoms with E-state index >= 15 is 0 Å². The van der Waals surface area contributed by atoms with E-state index in [1.807, 2.05) is 37.3 Å².